The van der Waals surface area contributed by atoms with Crippen molar-refractivity contribution < 1.29 is 9.53 Å². The maximum Gasteiger partial charge on any atom is 0.248 e. The van der Waals surface area contributed by atoms with Crippen LogP contribution >= 0.6 is 15.9 Å². The van der Waals surface area contributed by atoms with Gasteiger partial charge in [-0.25, -0.2) is 0 Å². The first kappa shape index (κ1) is 10.6. The Balaban J connectivity index is 2.12. The van der Waals surface area contributed by atoms with E-state index in [1.54, 1.807) is 11.9 Å². The van der Waals surface area contributed by atoms with Gasteiger partial charge >= 0.3 is 0 Å². The van der Waals surface area contributed by atoms with Gasteiger partial charge in [0.2, 0.25) is 5.91 Å². The molecule has 1 fully saturated rings. The Kier molecular flexibility index (Phi) is 3.07. The fourth-order valence-electron chi connectivity index (χ4n) is 1.56. The third-order valence-electron chi connectivity index (χ3n) is 2.52. The molecule has 0 bridgehead atoms. The van der Waals surface area contributed by atoms with E-state index in [0.717, 1.165) is 10.0 Å². The molecule has 1 aliphatic heterocycles. The van der Waals surface area contributed by atoms with Gasteiger partial charge < -0.3 is 9.64 Å². The van der Waals surface area contributed by atoms with Crippen LogP contribution in [0.15, 0.2) is 28.7 Å². The summed E-state index contributed by atoms with van der Waals surface area (Å²) in [6.07, 6.45) is 0.000741. The van der Waals surface area contributed by atoms with E-state index in [1.807, 2.05) is 24.3 Å². The largest absolute Gasteiger partial charge is 0.362 e. The fraction of sp³-hybridized carbons (Fsp3) is 0.364. The lowest BCUT2D eigenvalue weighted by molar-refractivity contribution is -0.147. The molecule has 1 aromatic rings. The monoisotopic (exact) mass is 269 g/mol. The summed E-state index contributed by atoms with van der Waals surface area (Å²) in [5.74, 6) is 0.0448. The molecular weight excluding hydrogens is 258 g/mol. The molecule has 1 aromatic carbocycles. The lowest BCUT2D eigenvalue weighted by atomic mass is 10.1. The second-order valence-electron chi connectivity index (χ2n) is 3.63. The number of rotatable bonds is 1. The minimum Gasteiger partial charge on any atom is -0.362 e. The van der Waals surface area contributed by atoms with Crippen LogP contribution in [0.1, 0.15) is 11.7 Å². The van der Waals surface area contributed by atoms with Crippen LogP contribution < -0.4 is 0 Å². The van der Waals surface area contributed by atoms with Gasteiger partial charge in [-0.05, 0) is 17.7 Å². The predicted octanol–water partition coefficient (Wildman–Crippen LogP) is 1.98. The standard InChI is InChI=1S/C11H12BrNO2/c1-13-6-10(15-7-11(13)14)8-2-4-9(12)5-3-8/h2-5,10H,6-7H2,1H3/t10-/m1/s1. The smallest absolute Gasteiger partial charge is 0.248 e. The summed E-state index contributed by atoms with van der Waals surface area (Å²) in [4.78, 5) is 12.9. The van der Waals surface area contributed by atoms with E-state index in [9.17, 15) is 4.79 Å². The maximum atomic E-state index is 11.2. The summed E-state index contributed by atoms with van der Waals surface area (Å²) in [5, 5.41) is 0. The van der Waals surface area contributed by atoms with E-state index in [1.165, 1.54) is 0 Å². The molecule has 1 aliphatic rings. The second kappa shape index (κ2) is 4.33. The number of carbonyl (C=O) groups excluding carboxylic acids is 1. The maximum absolute atomic E-state index is 11.2. The molecule has 1 saturated heterocycles. The Labute approximate surface area is 97.2 Å². The number of benzene rings is 1. The number of hydrogen-bond donors (Lipinski definition) is 0. The van der Waals surface area contributed by atoms with Crippen molar-refractivity contribution in [3.8, 4) is 0 Å². The zero-order chi connectivity index (χ0) is 10.8. The third-order valence-corrected chi connectivity index (χ3v) is 3.04. The average molecular weight is 270 g/mol. The molecule has 80 valence electrons. The van der Waals surface area contributed by atoms with Gasteiger partial charge in [-0.2, -0.15) is 0 Å². The Hall–Kier alpha value is -0.870. The van der Waals surface area contributed by atoms with E-state index >= 15 is 0 Å². The summed E-state index contributed by atoms with van der Waals surface area (Å²) in [6, 6.07) is 7.99. The van der Waals surface area contributed by atoms with Gasteiger partial charge in [-0.15, -0.1) is 0 Å². The van der Waals surface area contributed by atoms with Crippen LogP contribution in [0.4, 0.5) is 0 Å². The Morgan fingerprint density at radius 2 is 2.07 bits per heavy atom. The topological polar surface area (TPSA) is 29.5 Å². The second-order valence-corrected chi connectivity index (χ2v) is 4.54. The van der Waals surface area contributed by atoms with Gasteiger partial charge in [0.25, 0.3) is 0 Å². The molecule has 15 heavy (non-hydrogen) atoms. The van der Waals surface area contributed by atoms with Crippen LogP contribution in [0.3, 0.4) is 0 Å². The van der Waals surface area contributed by atoms with Crippen molar-refractivity contribution in [3.05, 3.63) is 34.3 Å². The van der Waals surface area contributed by atoms with Crippen LogP contribution in [0, 0.1) is 0 Å². The number of nitrogens with zero attached hydrogens (tertiary/aromatic N) is 1. The van der Waals surface area contributed by atoms with Crippen LogP contribution in [0.2, 0.25) is 0 Å². The summed E-state index contributed by atoms with van der Waals surface area (Å²) >= 11 is 3.39. The number of ether oxygens (including phenoxy) is 1. The molecule has 1 heterocycles. The molecule has 3 nitrogen and oxygen atoms in total. The molecule has 0 aromatic heterocycles. The molecular formula is C11H12BrNO2. The lowest BCUT2D eigenvalue weighted by Gasteiger charge is -2.30. The van der Waals surface area contributed by atoms with Crippen molar-refractivity contribution in [2.24, 2.45) is 0 Å². The van der Waals surface area contributed by atoms with Crippen LogP contribution in [0.5, 0.6) is 0 Å². The van der Waals surface area contributed by atoms with Crippen LogP contribution in [-0.4, -0.2) is 31.0 Å². The summed E-state index contributed by atoms with van der Waals surface area (Å²) in [5.41, 5.74) is 1.11. The lowest BCUT2D eigenvalue weighted by Crippen LogP contribution is -2.40. The number of hydrogen-bond acceptors (Lipinski definition) is 2. The van der Waals surface area contributed by atoms with Crippen LogP contribution in [-0.2, 0) is 9.53 Å². The van der Waals surface area contributed by atoms with Crippen molar-refractivity contribution in [2.45, 2.75) is 6.10 Å². The minimum absolute atomic E-state index is 0.000741. The van der Waals surface area contributed by atoms with E-state index in [-0.39, 0.29) is 18.6 Å². The molecule has 0 unspecified atom stereocenters. The van der Waals surface area contributed by atoms with Crippen molar-refractivity contribution in [2.75, 3.05) is 20.2 Å². The normalized spacial score (nSPS) is 21.9. The van der Waals surface area contributed by atoms with Crippen molar-refractivity contribution >= 4 is 21.8 Å². The van der Waals surface area contributed by atoms with Gasteiger partial charge in [-0.1, -0.05) is 28.1 Å². The first-order chi connectivity index (χ1) is 7.16. The Bertz CT molecular complexity index is 363. The third kappa shape index (κ3) is 2.38. The van der Waals surface area contributed by atoms with Crippen molar-refractivity contribution in [1.82, 2.24) is 4.90 Å². The number of morpholine rings is 1. The molecule has 0 aliphatic carbocycles. The number of amides is 1. The minimum atomic E-state index is 0.000741. The first-order valence-corrected chi connectivity index (χ1v) is 5.57. The van der Waals surface area contributed by atoms with Crippen molar-refractivity contribution in [3.63, 3.8) is 0 Å². The summed E-state index contributed by atoms with van der Waals surface area (Å²) in [7, 11) is 1.80. The molecule has 0 saturated carbocycles. The summed E-state index contributed by atoms with van der Waals surface area (Å²) in [6.45, 7) is 0.803. The van der Waals surface area contributed by atoms with E-state index in [2.05, 4.69) is 15.9 Å². The van der Waals surface area contributed by atoms with Crippen molar-refractivity contribution in [1.29, 1.82) is 0 Å². The fourth-order valence-corrected chi connectivity index (χ4v) is 1.83. The highest BCUT2D eigenvalue weighted by molar-refractivity contribution is 9.10. The SMILES string of the molecule is CN1C[C@H](c2ccc(Br)cc2)OCC1=O. The molecule has 0 N–H and O–H groups in total. The molecule has 0 spiro atoms. The van der Waals surface area contributed by atoms with Gasteiger partial charge in [0.15, 0.2) is 0 Å². The summed E-state index contributed by atoms with van der Waals surface area (Å²) < 4.78 is 6.53. The molecule has 2 rings (SSSR count). The van der Waals surface area contributed by atoms with E-state index < -0.39 is 0 Å². The van der Waals surface area contributed by atoms with Gasteiger partial charge in [0.1, 0.15) is 12.7 Å². The van der Waals surface area contributed by atoms with E-state index in [4.69, 9.17) is 4.74 Å². The molecule has 1 amide bonds. The Morgan fingerprint density at radius 3 is 2.67 bits per heavy atom. The zero-order valence-electron chi connectivity index (χ0n) is 8.44. The quantitative estimate of drug-likeness (QED) is 0.781. The average Bonchev–Trinajstić information content (AvgIpc) is 2.23. The number of halogens is 1. The first-order valence-electron chi connectivity index (χ1n) is 4.78. The molecule has 4 heteroatoms. The molecule has 1 atom stereocenters. The predicted molar refractivity (Wildman–Crippen MR) is 60.5 cm³/mol. The van der Waals surface area contributed by atoms with Gasteiger partial charge in [-0.3, -0.25) is 4.79 Å². The molecule has 0 radical (unpaired) electrons. The number of likely N-dealkylation sites (N-methyl/N-ethyl adjacent to an activating group) is 1. The van der Waals surface area contributed by atoms with Gasteiger partial charge in [0, 0.05) is 11.5 Å². The van der Waals surface area contributed by atoms with E-state index in [0.29, 0.717) is 6.54 Å². The number of carbonyl (C=O) groups is 1. The van der Waals surface area contributed by atoms with Gasteiger partial charge in [0.05, 0.1) is 6.54 Å². The van der Waals surface area contributed by atoms with Crippen LogP contribution in [0.25, 0.3) is 0 Å². The highest BCUT2D eigenvalue weighted by Crippen LogP contribution is 2.23. The highest BCUT2D eigenvalue weighted by atomic mass is 79.9. The highest BCUT2D eigenvalue weighted by Gasteiger charge is 2.24. The Morgan fingerprint density at radius 1 is 1.40 bits per heavy atom. The zero-order valence-corrected chi connectivity index (χ0v) is 10.0.